The summed E-state index contributed by atoms with van der Waals surface area (Å²) in [6.45, 7) is 1.66. The van der Waals surface area contributed by atoms with Crippen LogP contribution >= 0.6 is 12.2 Å². The van der Waals surface area contributed by atoms with Crippen LogP contribution in [0.5, 0.6) is 0 Å². The Bertz CT molecular complexity index is 612. The van der Waals surface area contributed by atoms with E-state index in [0.717, 1.165) is 0 Å². The molecule has 1 saturated heterocycles. The molecule has 110 valence electrons. The first-order valence-electron chi connectivity index (χ1n) is 6.48. The molecule has 1 aliphatic heterocycles. The Balaban J connectivity index is 2.26. The van der Waals surface area contributed by atoms with Crippen LogP contribution < -0.4 is 11.1 Å². The zero-order chi connectivity index (χ0) is 15.6. The van der Waals surface area contributed by atoms with Gasteiger partial charge in [0.1, 0.15) is 17.6 Å². The number of nitrogens with zero attached hydrogens (tertiary/aromatic N) is 1. The molecular weight excluding hydrogens is 290 g/mol. The molecule has 1 aromatic rings. The maximum Gasteiger partial charge on any atom is 0.255 e. The van der Waals surface area contributed by atoms with Crippen LogP contribution in [0.2, 0.25) is 0 Å². The molecule has 1 unspecified atom stereocenters. The lowest BCUT2D eigenvalue weighted by molar-refractivity contribution is -0.138. The van der Waals surface area contributed by atoms with Gasteiger partial charge in [0.05, 0.1) is 0 Å². The van der Waals surface area contributed by atoms with Gasteiger partial charge in [-0.15, -0.1) is 0 Å². The van der Waals surface area contributed by atoms with Gasteiger partial charge in [-0.3, -0.25) is 19.7 Å². The van der Waals surface area contributed by atoms with Gasteiger partial charge in [0.2, 0.25) is 11.8 Å². The molecule has 3 amide bonds. The maximum absolute atomic E-state index is 12.5. The number of nitrogens with one attached hydrogen (secondary N) is 1. The van der Waals surface area contributed by atoms with Crippen LogP contribution in [0.15, 0.2) is 24.3 Å². The van der Waals surface area contributed by atoms with Gasteiger partial charge < -0.3 is 10.6 Å². The molecule has 1 heterocycles. The van der Waals surface area contributed by atoms with Crippen LogP contribution in [0.25, 0.3) is 0 Å². The summed E-state index contributed by atoms with van der Waals surface area (Å²) in [5.41, 5.74) is 6.54. The van der Waals surface area contributed by atoms with E-state index >= 15 is 0 Å². The summed E-state index contributed by atoms with van der Waals surface area (Å²) in [6, 6.07) is 5.82. The Labute approximate surface area is 127 Å². The molecule has 1 atom stereocenters. The van der Waals surface area contributed by atoms with Crippen molar-refractivity contribution in [2.75, 3.05) is 6.54 Å². The van der Waals surface area contributed by atoms with E-state index in [2.05, 4.69) is 5.32 Å². The Kier molecular flexibility index (Phi) is 4.32. The molecule has 1 aliphatic rings. The molecule has 0 radical (unpaired) electrons. The van der Waals surface area contributed by atoms with Crippen molar-refractivity contribution in [2.45, 2.75) is 19.4 Å². The molecule has 0 bridgehead atoms. The first-order valence-corrected chi connectivity index (χ1v) is 6.89. The van der Waals surface area contributed by atoms with E-state index in [1.807, 2.05) is 0 Å². The zero-order valence-electron chi connectivity index (χ0n) is 11.5. The van der Waals surface area contributed by atoms with Crippen LogP contribution in [-0.2, 0) is 9.59 Å². The minimum Gasteiger partial charge on any atom is -0.389 e. The second kappa shape index (κ2) is 6.01. The lowest BCUT2D eigenvalue weighted by Gasteiger charge is -2.33. The molecule has 0 saturated carbocycles. The number of amides is 3. The van der Waals surface area contributed by atoms with Crippen LogP contribution in [0.1, 0.15) is 29.3 Å². The average Bonchev–Trinajstić information content (AvgIpc) is 2.46. The van der Waals surface area contributed by atoms with Crippen molar-refractivity contribution < 1.29 is 14.4 Å². The van der Waals surface area contributed by atoms with E-state index < -0.39 is 17.9 Å². The van der Waals surface area contributed by atoms with Crippen molar-refractivity contribution in [1.82, 2.24) is 10.2 Å². The van der Waals surface area contributed by atoms with E-state index in [0.29, 0.717) is 17.5 Å². The molecule has 7 heteroatoms. The molecule has 0 spiro atoms. The predicted octanol–water partition coefficient (Wildman–Crippen LogP) is 0.198. The average molecular weight is 305 g/mol. The van der Waals surface area contributed by atoms with Crippen molar-refractivity contribution in [2.24, 2.45) is 5.73 Å². The number of benzene rings is 1. The summed E-state index contributed by atoms with van der Waals surface area (Å²) in [5, 5.41) is 2.24. The predicted molar refractivity (Wildman–Crippen MR) is 80.6 cm³/mol. The van der Waals surface area contributed by atoms with Crippen molar-refractivity contribution >= 4 is 34.9 Å². The molecule has 2 rings (SSSR count). The summed E-state index contributed by atoms with van der Waals surface area (Å²) in [5.74, 6) is -1.28. The number of piperazine rings is 1. The van der Waals surface area contributed by atoms with Gasteiger partial charge >= 0.3 is 0 Å². The fraction of sp³-hybridized carbons (Fsp3) is 0.286. The minimum absolute atomic E-state index is 0.125. The summed E-state index contributed by atoms with van der Waals surface area (Å²) < 4.78 is 0. The van der Waals surface area contributed by atoms with Crippen LogP contribution in [-0.4, -0.2) is 40.2 Å². The van der Waals surface area contributed by atoms with Gasteiger partial charge in [0.15, 0.2) is 0 Å². The van der Waals surface area contributed by atoms with Crippen LogP contribution in [0.4, 0.5) is 0 Å². The molecule has 0 aliphatic carbocycles. The number of carbonyl (C=O) groups is 3. The maximum atomic E-state index is 12.5. The van der Waals surface area contributed by atoms with Crippen molar-refractivity contribution in [3.63, 3.8) is 0 Å². The number of carbonyl (C=O) groups excluding carboxylic acids is 3. The van der Waals surface area contributed by atoms with Crippen molar-refractivity contribution in [3.05, 3.63) is 35.4 Å². The van der Waals surface area contributed by atoms with Gasteiger partial charge in [0.25, 0.3) is 5.91 Å². The lowest BCUT2D eigenvalue weighted by Crippen LogP contribution is -2.59. The number of hydrogen-bond acceptors (Lipinski definition) is 4. The highest BCUT2D eigenvalue weighted by atomic mass is 32.1. The summed E-state index contributed by atoms with van der Waals surface area (Å²) in [6.07, 6.45) is 0.440. The van der Waals surface area contributed by atoms with E-state index in [1.165, 1.54) is 4.90 Å². The molecule has 6 nitrogen and oxygen atoms in total. The monoisotopic (exact) mass is 305 g/mol. The standard InChI is InChI=1S/C14H15N3O3S/c1-2-10-13(19)16-11(18)7-17(10)14(20)9-5-3-8(4-6-9)12(15)21/h3-6,10H,2,7H2,1H3,(H2,15,21)(H,16,18,19). The number of nitrogens with two attached hydrogens (primary N) is 1. The highest BCUT2D eigenvalue weighted by molar-refractivity contribution is 7.80. The topological polar surface area (TPSA) is 92.5 Å². The Morgan fingerprint density at radius 1 is 1.33 bits per heavy atom. The molecular formula is C14H15N3O3S. The van der Waals surface area contributed by atoms with Crippen LogP contribution in [0, 0.1) is 0 Å². The largest absolute Gasteiger partial charge is 0.389 e. The second-order valence-electron chi connectivity index (χ2n) is 4.71. The Hall–Kier alpha value is -2.28. The Morgan fingerprint density at radius 2 is 1.90 bits per heavy atom. The van der Waals surface area contributed by atoms with Crippen molar-refractivity contribution in [3.8, 4) is 0 Å². The number of hydrogen-bond donors (Lipinski definition) is 2. The fourth-order valence-corrected chi connectivity index (χ4v) is 2.36. The quantitative estimate of drug-likeness (QED) is 0.615. The van der Waals surface area contributed by atoms with E-state index in [1.54, 1.807) is 31.2 Å². The zero-order valence-corrected chi connectivity index (χ0v) is 12.3. The van der Waals surface area contributed by atoms with E-state index in [4.69, 9.17) is 18.0 Å². The number of imide groups is 1. The molecule has 0 aromatic heterocycles. The normalized spacial score (nSPS) is 18.3. The van der Waals surface area contributed by atoms with Gasteiger partial charge in [-0.2, -0.15) is 0 Å². The first-order chi connectivity index (χ1) is 9.93. The summed E-state index contributed by atoms with van der Waals surface area (Å²) in [4.78, 5) is 37.2. The third-order valence-corrected chi connectivity index (χ3v) is 3.56. The molecule has 3 N–H and O–H groups in total. The van der Waals surface area contributed by atoms with Gasteiger partial charge in [-0.05, 0) is 18.6 Å². The van der Waals surface area contributed by atoms with Gasteiger partial charge in [-0.1, -0.05) is 31.3 Å². The summed E-state index contributed by atoms with van der Waals surface area (Å²) in [7, 11) is 0. The van der Waals surface area contributed by atoms with Crippen LogP contribution in [0.3, 0.4) is 0 Å². The molecule has 1 fully saturated rings. The highest BCUT2D eigenvalue weighted by Crippen LogP contribution is 2.15. The van der Waals surface area contributed by atoms with Gasteiger partial charge in [0, 0.05) is 11.1 Å². The Morgan fingerprint density at radius 3 is 2.43 bits per heavy atom. The first kappa shape index (κ1) is 15.1. The lowest BCUT2D eigenvalue weighted by atomic mass is 10.1. The molecule has 21 heavy (non-hydrogen) atoms. The van der Waals surface area contributed by atoms with Crippen molar-refractivity contribution in [1.29, 1.82) is 0 Å². The minimum atomic E-state index is -0.634. The van der Waals surface area contributed by atoms with E-state index in [9.17, 15) is 14.4 Å². The smallest absolute Gasteiger partial charge is 0.255 e. The fourth-order valence-electron chi connectivity index (χ4n) is 2.23. The number of rotatable bonds is 3. The summed E-state index contributed by atoms with van der Waals surface area (Å²) >= 11 is 4.85. The SMILES string of the molecule is CCC1C(=O)NC(=O)CN1C(=O)c1ccc(C(N)=S)cc1. The molecule has 1 aromatic carbocycles. The third kappa shape index (κ3) is 3.08. The van der Waals surface area contributed by atoms with E-state index in [-0.39, 0.29) is 17.4 Å². The second-order valence-corrected chi connectivity index (χ2v) is 5.15. The highest BCUT2D eigenvalue weighted by Gasteiger charge is 2.35. The third-order valence-electron chi connectivity index (χ3n) is 3.32. The number of thiocarbonyl (C=S) groups is 1. The van der Waals surface area contributed by atoms with Gasteiger partial charge in [-0.25, -0.2) is 0 Å².